The molecule has 54 heavy (non-hydrogen) atoms. The molecule has 3 nitrogen and oxygen atoms in total. The standard InChI is InChI=1S/C51H39N3/c1-5-15-42-33(2)54(50-31-44-43-22-12-13-23-46(43)51(3,4)47(44)30-45(42)50)41-26-38(37-21-14-16-34(24-37)32-52)25-39(27-41)40-28-48(35-17-8-6-9-18-35)53-49(29-40)36-19-10-7-11-20-36/h5-31H,1-4H3/b15-5-. The van der Waals surface area contributed by atoms with Crippen molar-refractivity contribution in [3.63, 3.8) is 0 Å². The van der Waals surface area contributed by atoms with Crippen molar-refractivity contribution in [3.8, 4) is 67.7 Å². The average molecular weight is 694 g/mol. The first-order chi connectivity index (χ1) is 26.3. The Bertz CT molecular complexity index is 2750. The number of hydrogen-bond acceptors (Lipinski definition) is 2. The molecular formula is C51H39N3. The lowest BCUT2D eigenvalue weighted by atomic mass is 9.82. The van der Waals surface area contributed by atoms with Gasteiger partial charge in [0.25, 0.3) is 0 Å². The van der Waals surface area contributed by atoms with E-state index in [1.807, 2.05) is 30.3 Å². The van der Waals surface area contributed by atoms with Crippen LogP contribution in [0, 0.1) is 18.3 Å². The first-order valence-electron chi connectivity index (χ1n) is 18.6. The molecule has 6 aromatic carbocycles. The lowest BCUT2D eigenvalue weighted by Gasteiger charge is -2.21. The van der Waals surface area contributed by atoms with Gasteiger partial charge in [-0.25, -0.2) is 4.98 Å². The molecule has 1 aliphatic carbocycles. The van der Waals surface area contributed by atoms with Crippen molar-refractivity contribution in [2.45, 2.75) is 33.1 Å². The fourth-order valence-corrected chi connectivity index (χ4v) is 8.40. The van der Waals surface area contributed by atoms with Gasteiger partial charge in [-0.05, 0) is 113 Å². The lowest BCUT2D eigenvalue weighted by Crippen LogP contribution is -2.14. The van der Waals surface area contributed by atoms with Gasteiger partial charge in [-0.15, -0.1) is 0 Å². The Balaban J connectivity index is 1.34. The van der Waals surface area contributed by atoms with Gasteiger partial charge in [0.05, 0.1) is 28.5 Å². The largest absolute Gasteiger partial charge is 0.313 e. The van der Waals surface area contributed by atoms with E-state index in [1.165, 1.54) is 44.4 Å². The Morgan fingerprint density at radius 1 is 0.593 bits per heavy atom. The van der Waals surface area contributed by atoms with E-state index in [2.05, 4.69) is 172 Å². The number of fused-ring (bicyclic) bond motifs is 4. The first-order valence-corrected chi connectivity index (χ1v) is 18.6. The van der Waals surface area contributed by atoms with E-state index in [4.69, 9.17) is 4.98 Å². The first kappa shape index (κ1) is 33.1. The maximum absolute atomic E-state index is 9.88. The molecular weight excluding hydrogens is 655 g/mol. The van der Waals surface area contributed by atoms with Crippen molar-refractivity contribution in [2.75, 3.05) is 0 Å². The highest BCUT2D eigenvalue weighted by molar-refractivity contribution is 5.99. The fraction of sp³-hybridized carbons (Fsp3) is 0.0980. The van der Waals surface area contributed by atoms with Crippen LogP contribution in [0.2, 0.25) is 0 Å². The normalized spacial score (nSPS) is 12.9. The summed E-state index contributed by atoms with van der Waals surface area (Å²) >= 11 is 0. The van der Waals surface area contributed by atoms with E-state index in [9.17, 15) is 5.26 Å². The van der Waals surface area contributed by atoms with Crippen LogP contribution in [-0.4, -0.2) is 9.55 Å². The van der Waals surface area contributed by atoms with Gasteiger partial charge in [-0.3, -0.25) is 0 Å². The quantitative estimate of drug-likeness (QED) is 0.174. The highest BCUT2D eigenvalue weighted by Crippen LogP contribution is 2.51. The summed E-state index contributed by atoms with van der Waals surface area (Å²) < 4.78 is 2.43. The second-order valence-corrected chi connectivity index (χ2v) is 14.7. The summed E-state index contributed by atoms with van der Waals surface area (Å²) in [7, 11) is 0. The fourth-order valence-electron chi connectivity index (χ4n) is 8.40. The van der Waals surface area contributed by atoms with E-state index >= 15 is 0 Å². The van der Waals surface area contributed by atoms with Gasteiger partial charge >= 0.3 is 0 Å². The summed E-state index contributed by atoms with van der Waals surface area (Å²) in [6.07, 6.45) is 4.39. The number of nitrogens with zero attached hydrogens (tertiary/aromatic N) is 3. The van der Waals surface area contributed by atoms with Crippen molar-refractivity contribution < 1.29 is 0 Å². The average Bonchev–Trinajstić information content (AvgIpc) is 3.62. The monoisotopic (exact) mass is 693 g/mol. The number of hydrogen-bond donors (Lipinski definition) is 0. The summed E-state index contributed by atoms with van der Waals surface area (Å²) in [5.41, 5.74) is 18.6. The highest BCUT2D eigenvalue weighted by Gasteiger charge is 2.36. The van der Waals surface area contributed by atoms with Crippen LogP contribution >= 0.6 is 0 Å². The van der Waals surface area contributed by atoms with E-state index in [1.54, 1.807) is 0 Å². The van der Waals surface area contributed by atoms with Crippen molar-refractivity contribution in [3.05, 3.63) is 186 Å². The van der Waals surface area contributed by atoms with Gasteiger partial charge in [-0.1, -0.05) is 123 Å². The van der Waals surface area contributed by atoms with Crippen molar-refractivity contribution in [2.24, 2.45) is 0 Å². The van der Waals surface area contributed by atoms with Crippen molar-refractivity contribution in [1.29, 1.82) is 5.26 Å². The van der Waals surface area contributed by atoms with Crippen LogP contribution in [0.5, 0.6) is 0 Å². The molecule has 0 saturated carbocycles. The van der Waals surface area contributed by atoms with Crippen LogP contribution in [0.4, 0.5) is 0 Å². The van der Waals surface area contributed by atoms with Crippen LogP contribution in [0.3, 0.4) is 0 Å². The Hall–Kier alpha value is -6.76. The SMILES string of the molecule is C/C=C\c1c(C)n(-c2cc(-c3cccc(C#N)c3)cc(-c3cc(-c4ccccc4)nc(-c4ccccc4)c3)c2)c2cc3c(cc12)C(C)(C)c1ccccc1-3. The van der Waals surface area contributed by atoms with Crippen LogP contribution in [0.15, 0.2) is 158 Å². The highest BCUT2D eigenvalue weighted by atomic mass is 15.0. The van der Waals surface area contributed by atoms with Gasteiger partial charge < -0.3 is 4.57 Å². The molecule has 0 atom stereocenters. The molecule has 258 valence electrons. The molecule has 9 rings (SSSR count). The van der Waals surface area contributed by atoms with Gasteiger partial charge in [0.15, 0.2) is 0 Å². The maximum atomic E-state index is 9.88. The Morgan fingerprint density at radius 2 is 1.20 bits per heavy atom. The number of rotatable bonds is 6. The predicted octanol–water partition coefficient (Wildman–Crippen LogP) is 13.2. The third-order valence-electron chi connectivity index (χ3n) is 11.1. The molecule has 1 aliphatic rings. The Morgan fingerprint density at radius 3 is 1.87 bits per heavy atom. The third kappa shape index (κ3) is 5.47. The van der Waals surface area contributed by atoms with E-state index in [0.29, 0.717) is 5.56 Å². The zero-order valence-corrected chi connectivity index (χ0v) is 30.9. The molecule has 8 aromatic rings. The maximum Gasteiger partial charge on any atom is 0.0991 e. The van der Waals surface area contributed by atoms with E-state index in [0.717, 1.165) is 50.5 Å². The minimum atomic E-state index is -0.101. The van der Waals surface area contributed by atoms with Gasteiger partial charge in [-0.2, -0.15) is 5.26 Å². The second-order valence-electron chi connectivity index (χ2n) is 14.7. The Kier molecular flexibility index (Phi) is 7.98. The minimum absolute atomic E-state index is 0.101. The summed E-state index contributed by atoms with van der Waals surface area (Å²) in [5.74, 6) is 0. The van der Waals surface area contributed by atoms with Gasteiger partial charge in [0.2, 0.25) is 0 Å². The second kappa shape index (κ2) is 13.0. The molecule has 2 aromatic heterocycles. The van der Waals surface area contributed by atoms with E-state index < -0.39 is 0 Å². The molecule has 0 amide bonds. The predicted molar refractivity (Wildman–Crippen MR) is 225 cm³/mol. The Labute approximate surface area is 317 Å². The molecule has 0 spiro atoms. The smallest absolute Gasteiger partial charge is 0.0991 e. The number of pyridine rings is 1. The molecule has 0 radical (unpaired) electrons. The molecule has 0 saturated heterocycles. The van der Waals surface area contributed by atoms with Crippen LogP contribution in [0.1, 0.15) is 48.7 Å². The summed E-state index contributed by atoms with van der Waals surface area (Å²) in [6, 6.07) is 56.0. The topological polar surface area (TPSA) is 41.6 Å². The number of allylic oxidation sites excluding steroid dienone is 1. The van der Waals surface area contributed by atoms with Crippen molar-refractivity contribution >= 4 is 17.0 Å². The number of nitriles is 1. The van der Waals surface area contributed by atoms with E-state index in [-0.39, 0.29) is 5.41 Å². The molecule has 0 unspecified atom stereocenters. The molecule has 2 heterocycles. The number of aromatic nitrogens is 2. The summed E-state index contributed by atoms with van der Waals surface area (Å²) in [6.45, 7) is 9.01. The minimum Gasteiger partial charge on any atom is -0.313 e. The third-order valence-corrected chi connectivity index (χ3v) is 11.1. The van der Waals surface area contributed by atoms with Gasteiger partial charge in [0.1, 0.15) is 0 Å². The zero-order valence-electron chi connectivity index (χ0n) is 30.9. The molecule has 0 aliphatic heterocycles. The zero-order chi connectivity index (χ0) is 37.0. The molecule has 3 heteroatoms. The van der Waals surface area contributed by atoms with Crippen LogP contribution in [0.25, 0.3) is 78.6 Å². The lowest BCUT2D eigenvalue weighted by molar-refractivity contribution is 0.661. The van der Waals surface area contributed by atoms with Crippen molar-refractivity contribution in [1.82, 2.24) is 9.55 Å². The van der Waals surface area contributed by atoms with Crippen LogP contribution in [-0.2, 0) is 5.41 Å². The number of benzene rings is 6. The summed E-state index contributed by atoms with van der Waals surface area (Å²) in [4.78, 5) is 5.18. The van der Waals surface area contributed by atoms with Gasteiger partial charge in [0, 0.05) is 38.9 Å². The molecule has 0 fully saturated rings. The molecule has 0 bridgehead atoms. The molecule has 0 N–H and O–H groups in total. The summed E-state index contributed by atoms with van der Waals surface area (Å²) in [5, 5.41) is 11.1. The van der Waals surface area contributed by atoms with Crippen LogP contribution < -0.4 is 0 Å².